The van der Waals surface area contributed by atoms with E-state index in [1.54, 1.807) is 13.8 Å². The van der Waals surface area contributed by atoms with Crippen molar-refractivity contribution in [2.24, 2.45) is 11.3 Å². The monoisotopic (exact) mass is 270 g/mol. The molecule has 110 valence electrons. The summed E-state index contributed by atoms with van der Waals surface area (Å²) < 4.78 is 0. The number of carbonyl (C=O) groups excluding carboxylic acids is 1. The molecular weight excluding hydrogens is 244 g/mol. The third-order valence-corrected chi connectivity index (χ3v) is 3.96. The van der Waals surface area contributed by atoms with Crippen molar-refractivity contribution in [1.29, 1.82) is 0 Å². The summed E-state index contributed by atoms with van der Waals surface area (Å²) in [6, 6.07) is -1.22. The molecule has 0 aromatic rings. The van der Waals surface area contributed by atoms with E-state index in [9.17, 15) is 9.59 Å². The number of aliphatic carboxylic acids is 1. The summed E-state index contributed by atoms with van der Waals surface area (Å²) in [6.45, 7) is 6.36. The smallest absolute Gasteiger partial charge is 0.326 e. The van der Waals surface area contributed by atoms with Crippen LogP contribution in [0.1, 0.15) is 52.9 Å². The van der Waals surface area contributed by atoms with Gasteiger partial charge in [-0.25, -0.2) is 9.59 Å². The van der Waals surface area contributed by atoms with E-state index in [-0.39, 0.29) is 17.4 Å². The standard InChI is InChI=1S/C14H26N2O3/c1-10(2)11(12(17)18)16-13(19)15-9-14(3)7-5-4-6-8-14/h10-11H,4-9H2,1-3H3,(H,17,18)(H2,15,16,19)/t11-/m1/s1. The van der Waals surface area contributed by atoms with Crippen LogP contribution in [-0.4, -0.2) is 29.7 Å². The van der Waals surface area contributed by atoms with Crippen molar-refractivity contribution in [3.05, 3.63) is 0 Å². The van der Waals surface area contributed by atoms with E-state index in [2.05, 4.69) is 17.6 Å². The number of amides is 2. The number of carboxylic acids is 1. The van der Waals surface area contributed by atoms with Crippen molar-refractivity contribution in [2.45, 2.75) is 58.9 Å². The highest BCUT2D eigenvalue weighted by Gasteiger charge is 2.28. The normalized spacial score (nSPS) is 19.8. The van der Waals surface area contributed by atoms with Gasteiger partial charge in [-0.15, -0.1) is 0 Å². The molecule has 19 heavy (non-hydrogen) atoms. The Balaban J connectivity index is 2.40. The number of carboxylic acid groups (broad SMARTS) is 1. The van der Waals surface area contributed by atoms with Gasteiger partial charge < -0.3 is 15.7 Å². The third-order valence-electron chi connectivity index (χ3n) is 3.96. The Kier molecular flexibility index (Phi) is 5.63. The second kappa shape index (κ2) is 6.78. The molecule has 1 aliphatic carbocycles. The lowest BCUT2D eigenvalue weighted by Crippen LogP contribution is -2.50. The molecule has 5 heteroatoms. The first-order valence-electron chi connectivity index (χ1n) is 7.11. The Hall–Kier alpha value is -1.26. The third kappa shape index (κ3) is 5.09. The van der Waals surface area contributed by atoms with Gasteiger partial charge >= 0.3 is 12.0 Å². The van der Waals surface area contributed by atoms with Gasteiger partial charge in [0, 0.05) is 6.54 Å². The zero-order valence-corrected chi connectivity index (χ0v) is 12.2. The Morgan fingerprint density at radius 1 is 1.21 bits per heavy atom. The molecule has 0 saturated heterocycles. The maximum Gasteiger partial charge on any atom is 0.326 e. The molecule has 0 aromatic carbocycles. The van der Waals surface area contributed by atoms with Gasteiger partial charge in [-0.2, -0.15) is 0 Å². The number of urea groups is 1. The van der Waals surface area contributed by atoms with Gasteiger partial charge in [0.1, 0.15) is 6.04 Å². The molecular formula is C14H26N2O3. The van der Waals surface area contributed by atoms with Crippen LogP contribution in [-0.2, 0) is 4.79 Å². The molecule has 0 heterocycles. The van der Waals surface area contributed by atoms with Gasteiger partial charge in [-0.05, 0) is 24.2 Å². The summed E-state index contributed by atoms with van der Waals surface area (Å²) >= 11 is 0. The van der Waals surface area contributed by atoms with Crippen molar-refractivity contribution in [3.8, 4) is 0 Å². The van der Waals surface area contributed by atoms with E-state index in [0.717, 1.165) is 12.8 Å². The molecule has 1 saturated carbocycles. The maximum atomic E-state index is 11.8. The molecule has 3 N–H and O–H groups in total. The zero-order chi connectivity index (χ0) is 14.5. The summed E-state index contributed by atoms with van der Waals surface area (Å²) in [5, 5.41) is 14.4. The van der Waals surface area contributed by atoms with Crippen molar-refractivity contribution >= 4 is 12.0 Å². The molecule has 1 fully saturated rings. The number of carbonyl (C=O) groups is 2. The Labute approximate surface area is 115 Å². The molecule has 0 bridgehead atoms. The molecule has 5 nitrogen and oxygen atoms in total. The Morgan fingerprint density at radius 3 is 2.26 bits per heavy atom. The summed E-state index contributed by atoms with van der Waals surface area (Å²) in [4.78, 5) is 22.8. The summed E-state index contributed by atoms with van der Waals surface area (Å²) in [6.07, 6.45) is 5.95. The lowest BCUT2D eigenvalue weighted by atomic mass is 9.76. The molecule has 0 spiro atoms. The largest absolute Gasteiger partial charge is 0.480 e. The van der Waals surface area contributed by atoms with E-state index in [1.807, 2.05) is 0 Å². The number of nitrogens with one attached hydrogen (secondary N) is 2. The first-order chi connectivity index (χ1) is 8.84. The molecule has 0 radical (unpaired) electrons. The number of hydrogen-bond acceptors (Lipinski definition) is 2. The topological polar surface area (TPSA) is 78.4 Å². The second-order valence-corrected chi connectivity index (χ2v) is 6.26. The van der Waals surface area contributed by atoms with Gasteiger partial charge in [0.2, 0.25) is 0 Å². The highest BCUT2D eigenvalue weighted by molar-refractivity contribution is 5.82. The molecule has 0 aromatic heterocycles. The highest BCUT2D eigenvalue weighted by atomic mass is 16.4. The van der Waals surface area contributed by atoms with Gasteiger partial charge in [0.05, 0.1) is 0 Å². The van der Waals surface area contributed by atoms with E-state index in [1.165, 1.54) is 19.3 Å². The maximum absolute atomic E-state index is 11.8. The SMILES string of the molecule is CC(C)[C@@H](NC(=O)NCC1(C)CCCCC1)C(=O)O. The van der Waals surface area contributed by atoms with Crippen LogP contribution < -0.4 is 10.6 Å². The minimum Gasteiger partial charge on any atom is -0.480 e. The lowest BCUT2D eigenvalue weighted by molar-refractivity contribution is -0.140. The van der Waals surface area contributed by atoms with E-state index in [0.29, 0.717) is 6.54 Å². The summed E-state index contributed by atoms with van der Waals surface area (Å²) in [5.41, 5.74) is 0.159. The van der Waals surface area contributed by atoms with Crippen LogP contribution in [0, 0.1) is 11.3 Å². The molecule has 1 atom stereocenters. The Bertz CT molecular complexity index is 323. The van der Waals surface area contributed by atoms with E-state index in [4.69, 9.17) is 5.11 Å². The van der Waals surface area contributed by atoms with Crippen molar-refractivity contribution in [2.75, 3.05) is 6.54 Å². The first-order valence-corrected chi connectivity index (χ1v) is 7.11. The average Bonchev–Trinajstić information content (AvgIpc) is 2.34. The predicted octanol–water partition coefficient (Wildman–Crippen LogP) is 2.37. The summed E-state index contributed by atoms with van der Waals surface area (Å²) in [7, 11) is 0. The van der Waals surface area contributed by atoms with E-state index < -0.39 is 12.0 Å². The molecule has 0 unspecified atom stereocenters. The minimum atomic E-state index is -0.992. The van der Waals surface area contributed by atoms with Gasteiger partial charge in [-0.3, -0.25) is 0 Å². The minimum absolute atomic E-state index is 0.131. The number of hydrogen-bond donors (Lipinski definition) is 3. The predicted molar refractivity (Wildman–Crippen MR) is 74.0 cm³/mol. The molecule has 0 aliphatic heterocycles. The van der Waals surface area contributed by atoms with Crippen LogP contribution in [0.5, 0.6) is 0 Å². The van der Waals surface area contributed by atoms with Crippen LogP contribution in [0.15, 0.2) is 0 Å². The lowest BCUT2D eigenvalue weighted by Gasteiger charge is -2.33. The van der Waals surface area contributed by atoms with Gasteiger partial charge in [0.25, 0.3) is 0 Å². The van der Waals surface area contributed by atoms with Crippen LogP contribution in [0.4, 0.5) is 4.79 Å². The van der Waals surface area contributed by atoms with Crippen LogP contribution in [0.3, 0.4) is 0 Å². The fourth-order valence-corrected chi connectivity index (χ4v) is 2.58. The van der Waals surface area contributed by atoms with Crippen molar-refractivity contribution in [1.82, 2.24) is 10.6 Å². The van der Waals surface area contributed by atoms with Crippen LogP contribution in [0.2, 0.25) is 0 Å². The van der Waals surface area contributed by atoms with Crippen molar-refractivity contribution < 1.29 is 14.7 Å². The van der Waals surface area contributed by atoms with Crippen LogP contribution in [0.25, 0.3) is 0 Å². The summed E-state index contributed by atoms with van der Waals surface area (Å²) in [5.74, 6) is -1.12. The molecule has 2 amide bonds. The molecule has 1 rings (SSSR count). The fourth-order valence-electron chi connectivity index (χ4n) is 2.58. The van der Waals surface area contributed by atoms with Gasteiger partial charge in [-0.1, -0.05) is 40.0 Å². The van der Waals surface area contributed by atoms with Crippen LogP contribution >= 0.6 is 0 Å². The molecule has 1 aliphatic rings. The van der Waals surface area contributed by atoms with Crippen molar-refractivity contribution in [3.63, 3.8) is 0 Å². The average molecular weight is 270 g/mol. The highest BCUT2D eigenvalue weighted by Crippen LogP contribution is 2.34. The first kappa shape index (κ1) is 15.8. The number of rotatable bonds is 5. The van der Waals surface area contributed by atoms with Gasteiger partial charge in [0.15, 0.2) is 0 Å². The zero-order valence-electron chi connectivity index (χ0n) is 12.2. The quantitative estimate of drug-likeness (QED) is 0.717. The van der Waals surface area contributed by atoms with E-state index >= 15 is 0 Å². The fraction of sp³-hybridized carbons (Fsp3) is 0.857. The second-order valence-electron chi connectivity index (χ2n) is 6.26. The Morgan fingerprint density at radius 2 is 1.79 bits per heavy atom.